The van der Waals surface area contributed by atoms with Crippen molar-refractivity contribution in [2.75, 3.05) is 32.4 Å². The maximum Gasteiger partial charge on any atom is 0.274 e. The van der Waals surface area contributed by atoms with Gasteiger partial charge < -0.3 is 4.90 Å². The number of rotatable bonds is 3. The van der Waals surface area contributed by atoms with Crippen LogP contribution < -0.4 is 0 Å². The first kappa shape index (κ1) is 18.4. The fraction of sp³-hybridized carbons (Fsp3) is 0.765. The minimum absolute atomic E-state index is 0.0223. The highest BCUT2D eigenvalue weighted by Gasteiger charge is 2.33. The average Bonchev–Trinajstić information content (AvgIpc) is 2.93. The number of likely N-dealkylation sites (tertiary alicyclic amines) is 1. The molecular formula is C17H28N4O3S. The lowest BCUT2D eigenvalue weighted by atomic mass is 9.79. The Morgan fingerprint density at radius 1 is 1.08 bits per heavy atom. The highest BCUT2D eigenvalue weighted by Crippen LogP contribution is 2.33. The summed E-state index contributed by atoms with van der Waals surface area (Å²) in [5.41, 5.74) is 1.51. The Balaban J connectivity index is 1.51. The van der Waals surface area contributed by atoms with Gasteiger partial charge in [0.05, 0.1) is 6.26 Å². The number of aromatic nitrogens is 2. The average molecular weight is 369 g/mol. The smallest absolute Gasteiger partial charge is 0.274 e. The van der Waals surface area contributed by atoms with E-state index in [1.807, 2.05) is 24.9 Å². The fourth-order valence-corrected chi connectivity index (χ4v) is 4.95. The number of carbonyl (C=O) groups excluding carboxylic acids is 1. The van der Waals surface area contributed by atoms with Crippen molar-refractivity contribution in [3.63, 3.8) is 0 Å². The molecule has 0 bridgehead atoms. The van der Waals surface area contributed by atoms with Gasteiger partial charge in [-0.3, -0.25) is 9.48 Å². The zero-order valence-electron chi connectivity index (χ0n) is 15.3. The predicted octanol–water partition coefficient (Wildman–Crippen LogP) is 1.25. The molecule has 1 aromatic heterocycles. The molecule has 2 saturated heterocycles. The third kappa shape index (κ3) is 4.06. The lowest BCUT2D eigenvalue weighted by Gasteiger charge is -2.39. The molecule has 0 N–H and O–H groups in total. The highest BCUT2D eigenvalue weighted by molar-refractivity contribution is 7.88. The van der Waals surface area contributed by atoms with Crippen LogP contribution in [0, 0.1) is 18.8 Å². The van der Waals surface area contributed by atoms with E-state index >= 15 is 0 Å². The summed E-state index contributed by atoms with van der Waals surface area (Å²) in [6.45, 7) is 4.75. The highest BCUT2D eigenvalue weighted by atomic mass is 32.2. The van der Waals surface area contributed by atoms with Crippen molar-refractivity contribution in [1.29, 1.82) is 0 Å². The van der Waals surface area contributed by atoms with Crippen LogP contribution in [0.25, 0.3) is 0 Å². The number of sulfonamides is 1. The van der Waals surface area contributed by atoms with Crippen LogP contribution in [0.3, 0.4) is 0 Å². The maximum absolute atomic E-state index is 12.6. The van der Waals surface area contributed by atoms with E-state index in [0.29, 0.717) is 30.6 Å². The normalized spacial score (nSPS) is 21.6. The molecule has 2 aliphatic heterocycles. The molecule has 1 aromatic rings. The molecule has 8 heteroatoms. The second-order valence-electron chi connectivity index (χ2n) is 7.42. The van der Waals surface area contributed by atoms with Gasteiger partial charge in [0.25, 0.3) is 5.91 Å². The van der Waals surface area contributed by atoms with Crippen molar-refractivity contribution in [1.82, 2.24) is 19.0 Å². The molecule has 25 heavy (non-hydrogen) atoms. The van der Waals surface area contributed by atoms with Gasteiger partial charge in [-0.2, -0.15) is 5.10 Å². The molecule has 140 valence electrons. The van der Waals surface area contributed by atoms with E-state index in [0.717, 1.165) is 44.5 Å². The van der Waals surface area contributed by atoms with Gasteiger partial charge in [0.15, 0.2) is 5.69 Å². The minimum atomic E-state index is -3.06. The lowest BCUT2D eigenvalue weighted by molar-refractivity contribution is 0.0622. The molecule has 0 aliphatic carbocycles. The second kappa shape index (κ2) is 7.07. The maximum atomic E-state index is 12.6. The van der Waals surface area contributed by atoms with Gasteiger partial charge in [-0.1, -0.05) is 0 Å². The van der Waals surface area contributed by atoms with E-state index in [-0.39, 0.29) is 5.91 Å². The van der Waals surface area contributed by atoms with Crippen LogP contribution >= 0.6 is 0 Å². The summed E-state index contributed by atoms with van der Waals surface area (Å²) in [6, 6.07) is 1.84. The van der Waals surface area contributed by atoms with Gasteiger partial charge in [-0.05, 0) is 50.5 Å². The van der Waals surface area contributed by atoms with Gasteiger partial charge in [-0.15, -0.1) is 0 Å². The van der Waals surface area contributed by atoms with E-state index in [1.54, 1.807) is 8.99 Å². The number of carbonyl (C=O) groups is 1. The lowest BCUT2D eigenvalue weighted by Crippen LogP contribution is -2.43. The van der Waals surface area contributed by atoms with Crippen LogP contribution in [0.4, 0.5) is 0 Å². The predicted molar refractivity (Wildman–Crippen MR) is 95.7 cm³/mol. The Labute approximate surface area is 150 Å². The standard InChI is InChI=1S/C17H28N4O3S/c1-13-12-16(18-19(13)2)17(22)20-8-4-14(5-9-20)15-6-10-21(11-7-15)25(3,23)24/h12,14-15H,4-11H2,1-3H3. The van der Waals surface area contributed by atoms with E-state index in [2.05, 4.69) is 5.10 Å². The molecule has 3 heterocycles. The number of amides is 1. The molecule has 0 atom stereocenters. The zero-order valence-corrected chi connectivity index (χ0v) is 16.1. The van der Waals surface area contributed by atoms with Crippen LogP contribution in [0.2, 0.25) is 0 Å². The van der Waals surface area contributed by atoms with E-state index in [9.17, 15) is 13.2 Å². The summed E-state index contributed by atoms with van der Waals surface area (Å²) < 4.78 is 26.6. The van der Waals surface area contributed by atoms with Crippen molar-refractivity contribution in [3.05, 3.63) is 17.5 Å². The summed E-state index contributed by atoms with van der Waals surface area (Å²) in [5, 5.41) is 4.29. The quantitative estimate of drug-likeness (QED) is 0.805. The molecular weight excluding hydrogens is 340 g/mol. The largest absolute Gasteiger partial charge is 0.337 e. The first-order valence-corrected chi connectivity index (χ1v) is 10.9. The molecule has 0 saturated carbocycles. The van der Waals surface area contributed by atoms with Gasteiger partial charge in [0, 0.05) is 38.9 Å². The monoisotopic (exact) mass is 368 g/mol. The number of hydrogen-bond donors (Lipinski definition) is 0. The van der Waals surface area contributed by atoms with Crippen LogP contribution in [-0.2, 0) is 17.1 Å². The molecule has 3 rings (SSSR count). The number of hydrogen-bond acceptors (Lipinski definition) is 4. The van der Waals surface area contributed by atoms with E-state index < -0.39 is 10.0 Å². The first-order chi connectivity index (χ1) is 11.8. The van der Waals surface area contributed by atoms with Crippen LogP contribution in [0.5, 0.6) is 0 Å². The summed E-state index contributed by atoms with van der Waals surface area (Å²) in [7, 11) is -1.21. The molecule has 7 nitrogen and oxygen atoms in total. The minimum Gasteiger partial charge on any atom is -0.337 e. The van der Waals surface area contributed by atoms with Gasteiger partial charge in [0.1, 0.15) is 0 Å². The molecule has 0 radical (unpaired) electrons. The number of nitrogens with zero attached hydrogens (tertiary/aromatic N) is 4. The topological polar surface area (TPSA) is 75.5 Å². The molecule has 0 spiro atoms. The van der Waals surface area contributed by atoms with E-state index in [4.69, 9.17) is 0 Å². The summed E-state index contributed by atoms with van der Waals surface area (Å²) in [6.07, 6.45) is 5.16. The van der Waals surface area contributed by atoms with Gasteiger partial charge >= 0.3 is 0 Å². The van der Waals surface area contributed by atoms with Crippen LogP contribution in [0.15, 0.2) is 6.07 Å². The van der Waals surface area contributed by atoms with E-state index in [1.165, 1.54) is 6.26 Å². The summed E-state index contributed by atoms with van der Waals surface area (Å²) in [5.74, 6) is 1.19. The van der Waals surface area contributed by atoms with Crippen LogP contribution in [-0.4, -0.2) is 65.7 Å². The Bertz CT molecular complexity index is 708. The number of aryl methyl sites for hydroxylation is 2. The Morgan fingerprint density at radius 3 is 2.04 bits per heavy atom. The fourth-order valence-electron chi connectivity index (χ4n) is 4.08. The third-order valence-electron chi connectivity index (χ3n) is 5.79. The number of piperidine rings is 2. The molecule has 2 aliphatic rings. The third-order valence-corrected chi connectivity index (χ3v) is 7.10. The van der Waals surface area contributed by atoms with Crippen LogP contribution in [0.1, 0.15) is 41.9 Å². The first-order valence-electron chi connectivity index (χ1n) is 9.00. The summed E-state index contributed by atoms with van der Waals surface area (Å²) >= 11 is 0. The molecule has 1 amide bonds. The van der Waals surface area contributed by atoms with Crippen molar-refractivity contribution in [2.45, 2.75) is 32.6 Å². The Morgan fingerprint density at radius 2 is 1.60 bits per heavy atom. The Hall–Kier alpha value is -1.41. The SMILES string of the molecule is Cc1cc(C(=O)N2CCC(C3CCN(S(C)(=O)=O)CC3)CC2)nn1C. The van der Waals surface area contributed by atoms with Gasteiger partial charge in [-0.25, -0.2) is 12.7 Å². The zero-order chi connectivity index (χ0) is 18.2. The Kier molecular flexibility index (Phi) is 5.20. The van der Waals surface area contributed by atoms with Crippen molar-refractivity contribution >= 4 is 15.9 Å². The molecule has 2 fully saturated rings. The molecule has 0 aromatic carbocycles. The summed E-state index contributed by atoms with van der Waals surface area (Å²) in [4.78, 5) is 14.5. The second-order valence-corrected chi connectivity index (χ2v) is 9.41. The molecule has 0 unspecified atom stereocenters. The van der Waals surface area contributed by atoms with Crippen molar-refractivity contribution in [2.24, 2.45) is 18.9 Å². The van der Waals surface area contributed by atoms with Crippen molar-refractivity contribution in [3.8, 4) is 0 Å². The van der Waals surface area contributed by atoms with Gasteiger partial charge in [0.2, 0.25) is 10.0 Å². The van der Waals surface area contributed by atoms with Crippen molar-refractivity contribution < 1.29 is 13.2 Å².